The third-order valence-electron chi connectivity index (χ3n) is 2.38. The smallest absolute Gasteiger partial charge is 0.133 e. The molecular weight excluding hydrogens is 188 g/mol. The standard InChI is InChI=1S/C12H20N2O/c1-3-4-5-8-14(2)10-11-6-7-12(15)9-13-11/h6-7,9,15H,3-5,8,10H2,1-2H3. The molecule has 0 radical (unpaired) electrons. The maximum Gasteiger partial charge on any atom is 0.133 e. The number of hydrogen-bond donors (Lipinski definition) is 1. The maximum atomic E-state index is 9.09. The highest BCUT2D eigenvalue weighted by Gasteiger charge is 2.00. The Morgan fingerprint density at radius 3 is 2.73 bits per heavy atom. The SMILES string of the molecule is CCCCCN(C)Cc1ccc(O)cn1. The van der Waals surface area contributed by atoms with Gasteiger partial charge in [-0.3, -0.25) is 4.98 Å². The fraction of sp³-hybridized carbons (Fsp3) is 0.583. The average Bonchev–Trinajstić information content (AvgIpc) is 2.22. The molecule has 1 rings (SSSR count). The molecule has 0 aliphatic carbocycles. The van der Waals surface area contributed by atoms with Crippen LogP contribution in [0, 0.1) is 0 Å². The minimum absolute atomic E-state index is 0.229. The van der Waals surface area contributed by atoms with Crippen molar-refractivity contribution >= 4 is 0 Å². The first-order chi connectivity index (χ1) is 7.22. The van der Waals surface area contributed by atoms with Gasteiger partial charge in [0.15, 0.2) is 0 Å². The Balaban J connectivity index is 2.31. The normalized spacial score (nSPS) is 10.9. The van der Waals surface area contributed by atoms with Gasteiger partial charge in [-0.1, -0.05) is 19.8 Å². The second kappa shape index (κ2) is 6.40. The molecule has 3 nitrogen and oxygen atoms in total. The molecule has 0 bridgehead atoms. The Morgan fingerprint density at radius 2 is 2.13 bits per heavy atom. The van der Waals surface area contributed by atoms with Crippen molar-refractivity contribution in [3.63, 3.8) is 0 Å². The van der Waals surface area contributed by atoms with E-state index >= 15 is 0 Å². The van der Waals surface area contributed by atoms with Crippen LogP contribution in [0.1, 0.15) is 31.9 Å². The van der Waals surface area contributed by atoms with E-state index < -0.39 is 0 Å². The predicted molar refractivity (Wildman–Crippen MR) is 61.8 cm³/mol. The van der Waals surface area contributed by atoms with Gasteiger partial charge < -0.3 is 10.0 Å². The van der Waals surface area contributed by atoms with Crippen molar-refractivity contribution in [2.45, 2.75) is 32.7 Å². The summed E-state index contributed by atoms with van der Waals surface area (Å²) in [5.74, 6) is 0.229. The summed E-state index contributed by atoms with van der Waals surface area (Å²) >= 11 is 0. The van der Waals surface area contributed by atoms with Crippen molar-refractivity contribution in [1.29, 1.82) is 0 Å². The number of rotatable bonds is 6. The van der Waals surface area contributed by atoms with Gasteiger partial charge in [0.1, 0.15) is 5.75 Å². The molecule has 0 aliphatic heterocycles. The maximum absolute atomic E-state index is 9.09. The Labute approximate surface area is 91.8 Å². The van der Waals surface area contributed by atoms with Crippen LogP contribution in [0.3, 0.4) is 0 Å². The zero-order valence-corrected chi connectivity index (χ0v) is 9.61. The highest BCUT2D eigenvalue weighted by atomic mass is 16.3. The second-order valence-electron chi connectivity index (χ2n) is 3.95. The van der Waals surface area contributed by atoms with Gasteiger partial charge in [0.25, 0.3) is 0 Å². The first-order valence-electron chi connectivity index (χ1n) is 5.55. The molecular formula is C12H20N2O. The summed E-state index contributed by atoms with van der Waals surface area (Å²) in [6, 6.07) is 3.55. The van der Waals surface area contributed by atoms with Crippen LogP contribution in [-0.2, 0) is 6.54 Å². The highest BCUT2D eigenvalue weighted by Crippen LogP contribution is 2.08. The number of unbranched alkanes of at least 4 members (excludes halogenated alkanes) is 2. The Kier molecular flexibility index (Phi) is 5.12. The van der Waals surface area contributed by atoms with Crippen LogP contribution in [0.2, 0.25) is 0 Å². The molecule has 0 aromatic carbocycles. The van der Waals surface area contributed by atoms with Gasteiger partial charge in [-0.15, -0.1) is 0 Å². The molecule has 3 heteroatoms. The number of aromatic nitrogens is 1. The van der Waals surface area contributed by atoms with Crippen molar-refractivity contribution in [2.75, 3.05) is 13.6 Å². The summed E-state index contributed by atoms with van der Waals surface area (Å²) in [6.07, 6.45) is 5.28. The van der Waals surface area contributed by atoms with Crippen LogP contribution < -0.4 is 0 Å². The van der Waals surface area contributed by atoms with Crippen molar-refractivity contribution in [2.24, 2.45) is 0 Å². The van der Waals surface area contributed by atoms with Crippen LogP contribution >= 0.6 is 0 Å². The lowest BCUT2D eigenvalue weighted by Crippen LogP contribution is -2.19. The summed E-state index contributed by atoms with van der Waals surface area (Å²) in [5, 5.41) is 9.09. The summed E-state index contributed by atoms with van der Waals surface area (Å²) < 4.78 is 0. The van der Waals surface area contributed by atoms with E-state index in [1.807, 2.05) is 6.07 Å². The van der Waals surface area contributed by atoms with Gasteiger partial charge >= 0.3 is 0 Å². The molecule has 0 aliphatic rings. The van der Waals surface area contributed by atoms with Gasteiger partial charge in [0.05, 0.1) is 11.9 Å². The molecule has 0 saturated heterocycles. The molecule has 1 aromatic rings. The quantitative estimate of drug-likeness (QED) is 0.729. The van der Waals surface area contributed by atoms with Gasteiger partial charge in [0.2, 0.25) is 0 Å². The number of aromatic hydroxyl groups is 1. The van der Waals surface area contributed by atoms with E-state index in [1.54, 1.807) is 6.07 Å². The summed E-state index contributed by atoms with van der Waals surface area (Å²) in [6.45, 7) is 4.17. The number of pyridine rings is 1. The lowest BCUT2D eigenvalue weighted by atomic mass is 10.2. The van der Waals surface area contributed by atoms with E-state index in [-0.39, 0.29) is 5.75 Å². The van der Waals surface area contributed by atoms with E-state index in [2.05, 4.69) is 23.9 Å². The van der Waals surface area contributed by atoms with Crippen LogP contribution in [-0.4, -0.2) is 28.6 Å². The van der Waals surface area contributed by atoms with Gasteiger partial charge in [-0.05, 0) is 32.1 Å². The summed E-state index contributed by atoms with van der Waals surface area (Å²) in [4.78, 5) is 6.41. The Bertz CT molecular complexity index is 271. The summed E-state index contributed by atoms with van der Waals surface area (Å²) in [5.41, 5.74) is 1.01. The minimum atomic E-state index is 0.229. The first-order valence-corrected chi connectivity index (χ1v) is 5.55. The fourth-order valence-corrected chi connectivity index (χ4v) is 1.50. The summed E-state index contributed by atoms with van der Waals surface area (Å²) in [7, 11) is 2.10. The van der Waals surface area contributed by atoms with Crippen molar-refractivity contribution < 1.29 is 5.11 Å². The third kappa shape index (κ3) is 4.79. The van der Waals surface area contributed by atoms with Crippen LogP contribution in [0.15, 0.2) is 18.3 Å². The largest absolute Gasteiger partial charge is 0.506 e. The molecule has 0 atom stereocenters. The Morgan fingerprint density at radius 1 is 1.33 bits per heavy atom. The van der Waals surface area contributed by atoms with Gasteiger partial charge in [0, 0.05) is 6.54 Å². The number of nitrogens with zero attached hydrogens (tertiary/aromatic N) is 2. The van der Waals surface area contributed by atoms with Crippen LogP contribution in [0.4, 0.5) is 0 Å². The Hall–Kier alpha value is -1.09. The predicted octanol–water partition coefficient (Wildman–Crippen LogP) is 2.41. The van der Waals surface area contributed by atoms with Crippen LogP contribution in [0.5, 0.6) is 5.75 Å². The van der Waals surface area contributed by atoms with Gasteiger partial charge in [-0.2, -0.15) is 0 Å². The van der Waals surface area contributed by atoms with Crippen LogP contribution in [0.25, 0.3) is 0 Å². The fourth-order valence-electron chi connectivity index (χ4n) is 1.50. The highest BCUT2D eigenvalue weighted by molar-refractivity contribution is 5.17. The first kappa shape index (κ1) is 12.0. The molecule has 0 fully saturated rings. The van der Waals surface area contributed by atoms with E-state index in [1.165, 1.54) is 25.5 Å². The lowest BCUT2D eigenvalue weighted by molar-refractivity contribution is 0.314. The second-order valence-corrected chi connectivity index (χ2v) is 3.95. The van der Waals surface area contributed by atoms with Crippen molar-refractivity contribution in [3.8, 4) is 5.75 Å². The molecule has 0 spiro atoms. The zero-order chi connectivity index (χ0) is 11.1. The molecule has 0 saturated carbocycles. The van der Waals surface area contributed by atoms with E-state index in [9.17, 15) is 0 Å². The molecule has 1 N–H and O–H groups in total. The van der Waals surface area contributed by atoms with E-state index in [0.29, 0.717) is 0 Å². The number of hydrogen-bond acceptors (Lipinski definition) is 3. The monoisotopic (exact) mass is 208 g/mol. The van der Waals surface area contributed by atoms with E-state index in [0.717, 1.165) is 18.8 Å². The average molecular weight is 208 g/mol. The zero-order valence-electron chi connectivity index (χ0n) is 9.61. The van der Waals surface area contributed by atoms with Gasteiger partial charge in [-0.25, -0.2) is 0 Å². The third-order valence-corrected chi connectivity index (χ3v) is 2.38. The van der Waals surface area contributed by atoms with Crippen molar-refractivity contribution in [3.05, 3.63) is 24.0 Å². The molecule has 84 valence electrons. The molecule has 1 heterocycles. The topological polar surface area (TPSA) is 36.4 Å². The minimum Gasteiger partial charge on any atom is -0.506 e. The lowest BCUT2D eigenvalue weighted by Gasteiger charge is -2.15. The molecule has 1 aromatic heterocycles. The molecule has 0 amide bonds. The molecule has 15 heavy (non-hydrogen) atoms. The van der Waals surface area contributed by atoms with E-state index in [4.69, 9.17) is 5.11 Å². The molecule has 0 unspecified atom stereocenters. The van der Waals surface area contributed by atoms with Crippen molar-refractivity contribution in [1.82, 2.24) is 9.88 Å².